The van der Waals surface area contributed by atoms with E-state index in [1.54, 1.807) is 7.11 Å². The van der Waals surface area contributed by atoms with Crippen LogP contribution in [0.3, 0.4) is 0 Å². The summed E-state index contributed by atoms with van der Waals surface area (Å²) in [6.45, 7) is 4.67. The minimum Gasteiger partial charge on any atom is -0.497 e. The van der Waals surface area contributed by atoms with Crippen LogP contribution in [0.1, 0.15) is 23.1 Å². The van der Waals surface area contributed by atoms with Crippen LogP contribution in [0, 0.1) is 5.92 Å². The quantitative estimate of drug-likeness (QED) is 0.850. The Morgan fingerprint density at radius 3 is 2.68 bits per heavy atom. The minimum absolute atomic E-state index is 0.0975. The van der Waals surface area contributed by atoms with Gasteiger partial charge in [0.1, 0.15) is 11.6 Å². The molecule has 1 aromatic carbocycles. The van der Waals surface area contributed by atoms with Crippen molar-refractivity contribution in [3.63, 3.8) is 0 Å². The molecule has 2 aromatic rings. The summed E-state index contributed by atoms with van der Waals surface area (Å²) in [6.07, 6.45) is 4.80. The lowest BCUT2D eigenvalue weighted by Crippen LogP contribution is -2.51. The van der Waals surface area contributed by atoms with Gasteiger partial charge < -0.3 is 14.2 Å². The fourth-order valence-electron chi connectivity index (χ4n) is 2.87. The monoisotopic (exact) mass is 299 g/mol. The molecular weight excluding hydrogens is 278 g/mol. The third-order valence-electron chi connectivity index (χ3n) is 4.15. The Hall–Kier alpha value is -2.30. The van der Waals surface area contributed by atoms with Crippen molar-refractivity contribution in [2.45, 2.75) is 19.9 Å². The van der Waals surface area contributed by atoms with E-state index in [9.17, 15) is 4.79 Å². The van der Waals surface area contributed by atoms with Crippen molar-refractivity contribution in [1.82, 2.24) is 14.5 Å². The second kappa shape index (κ2) is 6.22. The molecule has 1 fully saturated rings. The van der Waals surface area contributed by atoms with E-state index in [0.717, 1.165) is 43.2 Å². The first-order valence-electron chi connectivity index (χ1n) is 7.64. The number of hydrogen-bond donors (Lipinski definition) is 0. The molecule has 0 aliphatic carbocycles. The number of imidazole rings is 1. The van der Waals surface area contributed by atoms with Crippen LogP contribution in [0.4, 0.5) is 0 Å². The molecule has 1 aliphatic heterocycles. The molecule has 1 amide bonds. The first-order chi connectivity index (χ1) is 10.7. The van der Waals surface area contributed by atoms with Gasteiger partial charge in [0.2, 0.25) is 0 Å². The fraction of sp³-hybridized carbons (Fsp3) is 0.412. The summed E-state index contributed by atoms with van der Waals surface area (Å²) < 4.78 is 7.31. The number of aromatic nitrogens is 2. The van der Waals surface area contributed by atoms with Crippen molar-refractivity contribution in [2.75, 3.05) is 20.2 Å². The lowest BCUT2D eigenvalue weighted by Gasteiger charge is -2.39. The highest BCUT2D eigenvalue weighted by Gasteiger charge is 2.31. The molecule has 0 radical (unpaired) electrons. The maximum atomic E-state index is 12.4. The van der Waals surface area contributed by atoms with E-state index in [-0.39, 0.29) is 5.91 Å². The largest absolute Gasteiger partial charge is 0.497 e. The zero-order valence-corrected chi connectivity index (χ0v) is 13.0. The summed E-state index contributed by atoms with van der Waals surface area (Å²) in [5, 5.41) is 0. The number of hydrogen-bond acceptors (Lipinski definition) is 3. The molecule has 5 heteroatoms. The van der Waals surface area contributed by atoms with E-state index >= 15 is 0 Å². The number of ether oxygens (including phenoxy) is 1. The van der Waals surface area contributed by atoms with Crippen molar-refractivity contribution in [2.24, 2.45) is 5.92 Å². The van der Waals surface area contributed by atoms with Crippen LogP contribution in [0.15, 0.2) is 36.7 Å². The summed E-state index contributed by atoms with van der Waals surface area (Å²) in [5.41, 5.74) is 0.719. The summed E-state index contributed by atoms with van der Waals surface area (Å²) in [5.74, 6) is 2.49. The van der Waals surface area contributed by atoms with E-state index in [2.05, 4.69) is 16.5 Å². The van der Waals surface area contributed by atoms with Crippen molar-refractivity contribution in [3.8, 4) is 5.75 Å². The zero-order valence-electron chi connectivity index (χ0n) is 13.0. The number of carbonyl (C=O) groups excluding carboxylic acids is 1. The van der Waals surface area contributed by atoms with Gasteiger partial charge >= 0.3 is 0 Å². The summed E-state index contributed by atoms with van der Waals surface area (Å²) in [6, 6.07) is 7.28. The van der Waals surface area contributed by atoms with E-state index < -0.39 is 0 Å². The minimum atomic E-state index is 0.0975. The lowest BCUT2D eigenvalue weighted by atomic mass is 9.98. The van der Waals surface area contributed by atoms with Crippen LogP contribution < -0.4 is 4.74 Å². The highest BCUT2D eigenvalue weighted by atomic mass is 16.5. The van der Waals surface area contributed by atoms with Gasteiger partial charge in [-0.05, 0) is 24.3 Å². The number of methoxy groups -OCH3 is 1. The van der Waals surface area contributed by atoms with Crippen LogP contribution in [0.5, 0.6) is 5.75 Å². The van der Waals surface area contributed by atoms with E-state index in [4.69, 9.17) is 4.74 Å². The van der Waals surface area contributed by atoms with Crippen molar-refractivity contribution in [3.05, 3.63) is 48.0 Å². The van der Waals surface area contributed by atoms with Crippen LogP contribution in [0.2, 0.25) is 0 Å². The van der Waals surface area contributed by atoms with Gasteiger partial charge in [0.05, 0.1) is 7.11 Å². The Balaban J connectivity index is 1.55. The first kappa shape index (κ1) is 14.6. The van der Waals surface area contributed by atoms with Gasteiger partial charge in [-0.25, -0.2) is 4.98 Å². The number of nitrogens with zero attached hydrogens (tertiary/aromatic N) is 3. The summed E-state index contributed by atoms with van der Waals surface area (Å²) in [4.78, 5) is 18.6. The number of aryl methyl sites for hydroxylation is 1. The van der Waals surface area contributed by atoms with E-state index in [1.165, 1.54) is 0 Å². The van der Waals surface area contributed by atoms with Gasteiger partial charge in [0.15, 0.2) is 0 Å². The molecule has 116 valence electrons. The van der Waals surface area contributed by atoms with Gasteiger partial charge in [-0.3, -0.25) is 4.79 Å². The second-order valence-electron chi connectivity index (χ2n) is 5.65. The maximum absolute atomic E-state index is 12.4. The average molecular weight is 299 g/mol. The molecule has 1 aromatic heterocycles. The SMILES string of the molecule is CCc1nccn1CC1CN(C(=O)c2ccc(OC)cc2)C1. The fourth-order valence-corrected chi connectivity index (χ4v) is 2.87. The van der Waals surface area contributed by atoms with Crippen LogP contribution >= 0.6 is 0 Å². The molecule has 0 saturated carbocycles. The van der Waals surface area contributed by atoms with E-state index in [1.807, 2.05) is 41.6 Å². The Morgan fingerprint density at radius 1 is 1.32 bits per heavy atom. The third-order valence-corrected chi connectivity index (χ3v) is 4.15. The predicted molar refractivity (Wildman–Crippen MR) is 84.0 cm³/mol. The van der Waals surface area contributed by atoms with Gasteiger partial charge in [0.25, 0.3) is 5.91 Å². The molecule has 22 heavy (non-hydrogen) atoms. The van der Waals surface area contributed by atoms with Crippen LogP contribution in [-0.2, 0) is 13.0 Å². The topological polar surface area (TPSA) is 47.4 Å². The molecular formula is C17H21N3O2. The predicted octanol–water partition coefficient (Wildman–Crippen LogP) is 2.23. The molecule has 0 N–H and O–H groups in total. The normalized spacial score (nSPS) is 14.7. The Morgan fingerprint density at radius 2 is 2.05 bits per heavy atom. The molecule has 0 atom stereocenters. The molecule has 0 bridgehead atoms. The molecule has 0 spiro atoms. The molecule has 1 saturated heterocycles. The van der Waals surface area contributed by atoms with Crippen molar-refractivity contribution in [1.29, 1.82) is 0 Å². The van der Waals surface area contributed by atoms with Crippen molar-refractivity contribution < 1.29 is 9.53 Å². The van der Waals surface area contributed by atoms with Gasteiger partial charge in [-0.15, -0.1) is 0 Å². The number of carbonyl (C=O) groups is 1. The Bertz CT molecular complexity index is 642. The molecule has 0 unspecified atom stereocenters. The molecule has 2 heterocycles. The zero-order chi connectivity index (χ0) is 15.5. The molecule has 1 aliphatic rings. The lowest BCUT2D eigenvalue weighted by molar-refractivity contribution is 0.0467. The van der Waals surface area contributed by atoms with Gasteiger partial charge in [-0.1, -0.05) is 6.92 Å². The van der Waals surface area contributed by atoms with Gasteiger partial charge in [-0.2, -0.15) is 0 Å². The average Bonchev–Trinajstić information content (AvgIpc) is 2.97. The Kier molecular flexibility index (Phi) is 4.13. The first-order valence-corrected chi connectivity index (χ1v) is 7.64. The maximum Gasteiger partial charge on any atom is 0.253 e. The summed E-state index contributed by atoms with van der Waals surface area (Å²) >= 11 is 0. The number of rotatable bonds is 5. The van der Waals surface area contributed by atoms with Crippen LogP contribution in [-0.4, -0.2) is 40.6 Å². The molecule has 5 nitrogen and oxygen atoms in total. The van der Waals surface area contributed by atoms with Crippen molar-refractivity contribution >= 4 is 5.91 Å². The highest BCUT2D eigenvalue weighted by molar-refractivity contribution is 5.94. The van der Waals surface area contributed by atoms with Gasteiger partial charge in [0, 0.05) is 49.9 Å². The Labute approximate surface area is 130 Å². The molecule has 3 rings (SSSR count). The number of likely N-dealkylation sites (tertiary alicyclic amines) is 1. The number of amides is 1. The standard InChI is InChI=1S/C17H21N3O2/c1-3-16-18-8-9-19(16)10-13-11-20(12-13)17(21)14-4-6-15(22-2)7-5-14/h4-9,13H,3,10-12H2,1-2H3. The third kappa shape index (κ3) is 2.84. The highest BCUT2D eigenvalue weighted by Crippen LogP contribution is 2.22. The number of benzene rings is 1. The van der Waals surface area contributed by atoms with E-state index in [0.29, 0.717) is 5.92 Å². The van der Waals surface area contributed by atoms with Crippen LogP contribution in [0.25, 0.3) is 0 Å². The second-order valence-corrected chi connectivity index (χ2v) is 5.65. The summed E-state index contributed by atoms with van der Waals surface area (Å²) in [7, 11) is 1.62. The smallest absolute Gasteiger partial charge is 0.253 e.